The summed E-state index contributed by atoms with van der Waals surface area (Å²) in [6, 6.07) is 28.0. The molecule has 5 rings (SSSR count). The topological polar surface area (TPSA) is 111 Å². The highest BCUT2D eigenvalue weighted by Gasteiger charge is 2.08. The van der Waals surface area contributed by atoms with E-state index >= 15 is 0 Å². The van der Waals surface area contributed by atoms with Crippen molar-refractivity contribution in [1.29, 1.82) is 0 Å². The first-order chi connectivity index (χ1) is 20.0. The van der Waals surface area contributed by atoms with Gasteiger partial charge in [0.15, 0.2) is 0 Å². The van der Waals surface area contributed by atoms with Crippen LogP contribution in [-0.4, -0.2) is 36.3 Å². The fourth-order valence-corrected chi connectivity index (χ4v) is 4.28. The number of benzene rings is 4. The smallest absolute Gasteiger partial charge is 0.271 e. The molecule has 0 bridgehead atoms. The number of fused-ring (bicyclic) bond motifs is 1. The summed E-state index contributed by atoms with van der Waals surface area (Å²) in [4.78, 5) is 28.2. The quantitative estimate of drug-likeness (QED) is 0.135. The van der Waals surface area contributed by atoms with Gasteiger partial charge < -0.3 is 10.3 Å². The second-order valence-electron chi connectivity index (χ2n) is 9.18. The summed E-state index contributed by atoms with van der Waals surface area (Å²) >= 11 is 0. The predicted molar refractivity (Wildman–Crippen MR) is 166 cm³/mol. The van der Waals surface area contributed by atoms with Crippen molar-refractivity contribution in [3.8, 4) is 11.1 Å². The van der Waals surface area contributed by atoms with Gasteiger partial charge in [-0.2, -0.15) is 10.2 Å². The van der Waals surface area contributed by atoms with E-state index in [2.05, 4.69) is 37.9 Å². The van der Waals surface area contributed by atoms with E-state index in [0.717, 1.165) is 44.4 Å². The molecule has 0 saturated carbocycles. The minimum absolute atomic E-state index is 0.305. The number of carbonyl (C=O) groups excluding carboxylic acids is 2. The largest absolute Gasteiger partial charge is 0.388 e. The molecule has 0 radical (unpaired) electrons. The van der Waals surface area contributed by atoms with Crippen LogP contribution in [0, 0.1) is 0 Å². The highest BCUT2D eigenvalue weighted by atomic mass is 16.2. The molecule has 8 heteroatoms. The molecule has 2 amide bonds. The molecule has 5 aromatic rings. The van der Waals surface area contributed by atoms with Crippen LogP contribution in [0.1, 0.15) is 37.4 Å². The Morgan fingerprint density at radius 2 is 1.29 bits per heavy atom. The minimum Gasteiger partial charge on any atom is -0.388 e. The standard InChI is InChI=1S/C33H28N6O2/c1-3-24-6-4-22(18-30(24)34-2)20-36-38-32(40)28-12-8-25(9-13-28)26-10-14-29(15-11-26)33(41)39-37-21-23-5-7-27-16-17-35-31(27)19-23/h3-21,34-35H,1H2,2H3,(H,38,40)(H,39,41)/b36-20+,37-21+. The van der Waals surface area contributed by atoms with Crippen LogP contribution in [0.2, 0.25) is 0 Å². The average molecular weight is 541 g/mol. The molecular formula is C33H28N6O2. The second kappa shape index (κ2) is 12.4. The molecule has 4 aromatic carbocycles. The molecule has 0 aliphatic rings. The van der Waals surface area contributed by atoms with Gasteiger partial charge in [0, 0.05) is 35.6 Å². The van der Waals surface area contributed by atoms with Crippen molar-refractivity contribution in [2.24, 2.45) is 10.2 Å². The van der Waals surface area contributed by atoms with Gasteiger partial charge in [0.1, 0.15) is 0 Å². The Balaban J connectivity index is 1.15. The zero-order valence-electron chi connectivity index (χ0n) is 22.4. The van der Waals surface area contributed by atoms with Crippen molar-refractivity contribution in [3.63, 3.8) is 0 Å². The van der Waals surface area contributed by atoms with Crippen molar-refractivity contribution in [1.82, 2.24) is 15.8 Å². The maximum atomic E-state index is 12.5. The van der Waals surface area contributed by atoms with Gasteiger partial charge in [-0.25, -0.2) is 10.9 Å². The summed E-state index contributed by atoms with van der Waals surface area (Å²) in [5.74, 6) is -0.620. The van der Waals surface area contributed by atoms with E-state index in [1.807, 2.05) is 80.0 Å². The fourth-order valence-electron chi connectivity index (χ4n) is 4.28. The van der Waals surface area contributed by atoms with E-state index in [-0.39, 0.29) is 11.8 Å². The molecule has 41 heavy (non-hydrogen) atoms. The first kappa shape index (κ1) is 26.8. The van der Waals surface area contributed by atoms with Crippen LogP contribution >= 0.6 is 0 Å². The fraction of sp³-hybridized carbons (Fsp3) is 0.0303. The van der Waals surface area contributed by atoms with Crippen molar-refractivity contribution >= 4 is 46.9 Å². The summed E-state index contributed by atoms with van der Waals surface area (Å²) < 4.78 is 0. The molecule has 1 aromatic heterocycles. The number of aromatic amines is 1. The maximum absolute atomic E-state index is 12.5. The summed E-state index contributed by atoms with van der Waals surface area (Å²) in [7, 11) is 1.84. The number of carbonyl (C=O) groups is 2. The maximum Gasteiger partial charge on any atom is 0.271 e. The van der Waals surface area contributed by atoms with Crippen LogP contribution in [0.4, 0.5) is 5.69 Å². The Kier molecular flexibility index (Phi) is 8.11. The number of rotatable bonds is 9. The number of aromatic nitrogens is 1. The SMILES string of the molecule is C=Cc1ccc(/C=N/NC(=O)c2ccc(-c3ccc(C(=O)N/N=C/c4ccc5cc[nH]c5c4)cc3)cc2)cc1NC. The van der Waals surface area contributed by atoms with E-state index in [0.29, 0.717) is 11.1 Å². The summed E-state index contributed by atoms with van der Waals surface area (Å²) in [5.41, 5.74) is 12.6. The lowest BCUT2D eigenvalue weighted by atomic mass is 10.0. The van der Waals surface area contributed by atoms with Crippen LogP contribution in [0.5, 0.6) is 0 Å². The number of amides is 2. The number of hydrogen-bond acceptors (Lipinski definition) is 5. The van der Waals surface area contributed by atoms with E-state index in [1.165, 1.54) is 0 Å². The van der Waals surface area contributed by atoms with Gasteiger partial charge in [-0.1, -0.05) is 61.2 Å². The average Bonchev–Trinajstić information content (AvgIpc) is 3.49. The van der Waals surface area contributed by atoms with E-state index in [1.54, 1.807) is 42.8 Å². The number of hydrazone groups is 2. The molecule has 0 atom stereocenters. The molecule has 1 heterocycles. The van der Waals surface area contributed by atoms with Gasteiger partial charge in [0.25, 0.3) is 11.8 Å². The molecule has 202 valence electrons. The third-order valence-corrected chi connectivity index (χ3v) is 6.53. The molecule has 0 unspecified atom stereocenters. The first-order valence-corrected chi connectivity index (χ1v) is 12.9. The van der Waals surface area contributed by atoms with E-state index in [9.17, 15) is 9.59 Å². The molecule has 0 saturated heterocycles. The third-order valence-electron chi connectivity index (χ3n) is 6.53. The normalized spacial score (nSPS) is 11.1. The molecule has 0 fully saturated rings. The molecule has 4 N–H and O–H groups in total. The highest BCUT2D eigenvalue weighted by Crippen LogP contribution is 2.21. The van der Waals surface area contributed by atoms with Crippen LogP contribution in [0.25, 0.3) is 28.1 Å². The van der Waals surface area contributed by atoms with Crippen LogP contribution in [0.15, 0.2) is 114 Å². The Labute approximate surface area is 237 Å². The lowest BCUT2D eigenvalue weighted by Gasteiger charge is -2.06. The summed E-state index contributed by atoms with van der Waals surface area (Å²) in [6.07, 6.45) is 6.85. The van der Waals surface area contributed by atoms with Crippen molar-refractivity contribution in [2.45, 2.75) is 0 Å². The predicted octanol–water partition coefficient (Wildman–Crippen LogP) is 6.05. The Hall–Kier alpha value is -5.76. The number of H-pyrrole nitrogens is 1. The number of anilines is 1. The van der Waals surface area contributed by atoms with E-state index in [4.69, 9.17) is 0 Å². The number of nitrogens with one attached hydrogen (secondary N) is 4. The molecule has 0 aliphatic heterocycles. The Bertz CT molecular complexity index is 1770. The van der Waals surface area contributed by atoms with Gasteiger partial charge in [0.2, 0.25) is 0 Å². The zero-order valence-corrected chi connectivity index (χ0v) is 22.4. The van der Waals surface area contributed by atoms with Crippen LogP contribution in [0.3, 0.4) is 0 Å². The number of hydrogen-bond donors (Lipinski definition) is 4. The number of nitrogens with zero attached hydrogens (tertiary/aromatic N) is 2. The second-order valence-corrected chi connectivity index (χ2v) is 9.18. The van der Waals surface area contributed by atoms with Gasteiger partial charge in [-0.05, 0) is 75.7 Å². The van der Waals surface area contributed by atoms with Crippen molar-refractivity contribution in [3.05, 3.63) is 132 Å². The summed E-state index contributed by atoms with van der Waals surface area (Å²) in [6.45, 7) is 3.80. The van der Waals surface area contributed by atoms with Gasteiger partial charge >= 0.3 is 0 Å². The van der Waals surface area contributed by atoms with Gasteiger partial charge in [0.05, 0.1) is 12.4 Å². The van der Waals surface area contributed by atoms with Gasteiger partial charge in [-0.3, -0.25) is 9.59 Å². The van der Waals surface area contributed by atoms with Crippen LogP contribution in [-0.2, 0) is 0 Å². The van der Waals surface area contributed by atoms with Crippen LogP contribution < -0.4 is 16.2 Å². The zero-order chi connectivity index (χ0) is 28.6. The Morgan fingerprint density at radius 3 is 1.85 bits per heavy atom. The lowest BCUT2D eigenvalue weighted by molar-refractivity contribution is 0.0947. The first-order valence-electron chi connectivity index (χ1n) is 12.9. The highest BCUT2D eigenvalue weighted by molar-refractivity contribution is 5.97. The Morgan fingerprint density at radius 1 is 0.732 bits per heavy atom. The molecule has 0 spiro atoms. The molecule has 0 aliphatic carbocycles. The third kappa shape index (κ3) is 6.46. The molecular weight excluding hydrogens is 512 g/mol. The minimum atomic E-state index is -0.315. The van der Waals surface area contributed by atoms with Crippen molar-refractivity contribution in [2.75, 3.05) is 12.4 Å². The lowest BCUT2D eigenvalue weighted by Crippen LogP contribution is -2.17. The monoisotopic (exact) mass is 540 g/mol. The summed E-state index contributed by atoms with van der Waals surface area (Å²) in [5, 5.41) is 12.4. The van der Waals surface area contributed by atoms with Crippen molar-refractivity contribution < 1.29 is 9.59 Å². The van der Waals surface area contributed by atoms with Gasteiger partial charge in [-0.15, -0.1) is 0 Å². The van der Waals surface area contributed by atoms with E-state index < -0.39 is 0 Å². The molecule has 8 nitrogen and oxygen atoms in total.